The summed E-state index contributed by atoms with van der Waals surface area (Å²) in [6.45, 7) is 5.25. The molecule has 82 valence electrons. The Bertz CT molecular complexity index is 203. The average Bonchev–Trinajstić information content (AvgIpc) is 2.38. The van der Waals surface area contributed by atoms with E-state index < -0.39 is 0 Å². The molecule has 0 radical (unpaired) electrons. The third-order valence-electron chi connectivity index (χ3n) is 4.06. The summed E-state index contributed by atoms with van der Waals surface area (Å²) in [6.07, 6.45) is 8.13. The van der Waals surface area contributed by atoms with E-state index in [1.54, 1.807) is 0 Å². The van der Waals surface area contributed by atoms with Crippen LogP contribution >= 0.6 is 0 Å². The van der Waals surface area contributed by atoms with Crippen LogP contribution in [-0.4, -0.2) is 18.2 Å². The Balaban J connectivity index is 1.86. The SMILES string of the molecule is CC1(C)CCC(CC2(CN)CCC2)O1. The van der Waals surface area contributed by atoms with Crippen LogP contribution in [0.15, 0.2) is 0 Å². The van der Waals surface area contributed by atoms with Gasteiger partial charge >= 0.3 is 0 Å². The highest BCUT2D eigenvalue weighted by atomic mass is 16.5. The molecule has 1 unspecified atom stereocenters. The Kier molecular flexibility index (Phi) is 2.61. The fraction of sp³-hybridized carbons (Fsp3) is 1.00. The second-order valence-corrected chi connectivity index (χ2v) is 5.80. The highest BCUT2D eigenvalue weighted by molar-refractivity contribution is 4.93. The van der Waals surface area contributed by atoms with Gasteiger partial charge in [0.1, 0.15) is 0 Å². The topological polar surface area (TPSA) is 35.2 Å². The van der Waals surface area contributed by atoms with Crippen LogP contribution in [0.5, 0.6) is 0 Å². The molecule has 1 aliphatic heterocycles. The molecule has 2 heteroatoms. The monoisotopic (exact) mass is 197 g/mol. The van der Waals surface area contributed by atoms with Gasteiger partial charge in [-0.15, -0.1) is 0 Å². The summed E-state index contributed by atoms with van der Waals surface area (Å²) in [5.41, 5.74) is 6.42. The summed E-state index contributed by atoms with van der Waals surface area (Å²) in [7, 11) is 0. The van der Waals surface area contributed by atoms with E-state index >= 15 is 0 Å². The minimum atomic E-state index is 0.115. The summed E-state index contributed by atoms with van der Waals surface area (Å²) in [5.74, 6) is 0. The largest absolute Gasteiger partial charge is 0.372 e. The van der Waals surface area contributed by atoms with E-state index in [1.165, 1.54) is 38.5 Å². The van der Waals surface area contributed by atoms with E-state index in [-0.39, 0.29) is 5.60 Å². The molecule has 0 spiro atoms. The van der Waals surface area contributed by atoms with Gasteiger partial charge in [0, 0.05) is 0 Å². The molecule has 1 aliphatic carbocycles. The van der Waals surface area contributed by atoms with Crippen LogP contribution in [0.1, 0.15) is 52.4 Å². The Hall–Kier alpha value is -0.0800. The number of nitrogens with two attached hydrogens (primary N) is 1. The summed E-state index contributed by atoms with van der Waals surface area (Å²) >= 11 is 0. The van der Waals surface area contributed by atoms with Gasteiger partial charge in [0.05, 0.1) is 11.7 Å². The van der Waals surface area contributed by atoms with Gasteiger partial charge in [0.15, 0.2) is 0 Å². The van der Waals surface area contributed by atoms with E-state index in [1.807, 2.05) is 0 Å². The van der Waals surface area contributed by atoms with Crippen LogP contribution in [0.2, 0.25) is 0 Å². The van der Waals surface area contributed by atoms with Crippen molar-refractivity contribution in [1.29, 1.82) is 0 Å². The van der Waals surface area contributed by atoms with E-state index in [0.717, 1.165) is 6.54 Å². The molecule has 2 rings (SSSR count). The molecule has 14 heavy (non-hydrogen) atoms. The van der Waals surface area contributed by atoms with Crippen LogP contribution in [0.25, 0.3) is 0 Å². The van der Waals surface area contributed by atoms with Crippen LogP contribution in [-0.2, 0) is 4.74 Å². The van der Waals surface area contributed by atoms with Gasteiger partial charge in [-0.25, -0.2) is 0 Å². The fourth-order valence-corrected chi connectivity index (χ4v) is 2.87. The van der Waals surface area contributed by atoms with Crippen molar-refractivity contribution < 1.29 is 4.74 Å². The molecular formula is C12H23NO. The van der Waals surface area contributed by atoms with Gasteiger partial charge in [-0.3, -0.25) is 0 Å². The third-order valence-corrected chi connectivity index (χ3v) is 4.06. The highest BCUT2D eigenvalue weighted by Gasteiger charge is 2.41. The maximum absolute atomic E-state index is 6.03. The first kappa shape index (κ1) is 10.4. The average molecular weight is 197 g/mol. The van der Waals surface area contributed by atoms with Gasteiger partial charge in [0.2, 0.25) is 0 Å². The standard InChI is InChI=1S/C12H23NO/c1-11(2)7-4-10(14-11)8-12(9-13)5-3-6-12/h10H,3-9,13H2,1-2H3. The molecule has 2 fully saturated rings. The molecular weight excluding hydrogens is 174 g/mol. The summed E-state index contributed by atoms with van der Waals surface area (Å²) in [5, 5.41) is 0. The molecule has 1 saturated carbocycles. The number of rotatable bonds is 3. The smallest absolute Gasteiger partial charge is 0.0631 e. The minimum absolute atomic E-state index is 0.115. The zero-order valence-corrected chi connectivity index (χ0v) is 9.51. The second-order valence-electron chi connectivity index (χ2n) is 5.80. The lowest BCUT2D eigenvalue weighted by molar-refractivity contribution is -0.0470. The maximum atomic E-state index is 6.03. The number of ether oxygens (including phenoxy) is 1. The van der Waals surface area contributed by atoms with Crippen molar-refractivity contribution in [3.05, 3.63) is 0 Å². The predicted molar refractivity (Wildman–Crippen MR) is 58.1 cm³/mol. The first-order chi connectivity index (χ1) is 6.55. The number of hydrogen-bond donors (Lipinski definition) is 1. The first-order valence-corrected chi connectivity index (χ1v) is 5.93. The van der Waals surface area contributed by atoms with Crippen molar-refractivity contribution in [1.82, 2.24) is 0 Å². The van der Waals surface area contributed by atoms with E-state index in [4.69, 9.17) is 10.5 Å². The Labute approximate surface area is 87.2 Å². The van der Waals surface area contributed by atoms with Crippen LogP contribution in [0, 0.1) is 5.41 Å². The van der Waals surface area contributed by atoms with Crippen molar-refractivity contribution in [3.8, 4) is 0 Å². The van der Waals surface area contributed by atoms with Crippen LogP contribution in [0.4, 0.5) is 0 Å². The molecule has 0 aromatic rings. The van der Waals surface area contributed by atoms with Crippen molar-refractivity contribution in [2.75, 3.05) is 6.54 Å². The molecule has 0 aromatic carbocycles. The van der Waals surface area contributed by atoms with E-state index in [0.29, 0.717) is 11.5 Å². The van der Waals surface area contributed by atoms with Gasteiger partial charge in [0.25, 0.3) is 0 Å². The lowest BCUT2D eigenvalue weighted by Crippen LogP contribution is -2.40. The quantitative estimate of drug-likeness (QED) is 0.754. The maximum Gasteiger partial charge on any atom is 0.0631 e. The molecule has 2 N–H and O–H groups in total. The summed E-state index contributed by atoms with van der Waals surface area (Å²) in [6, 6.07) is 0. The molecule has 2 aliphatic rings. The van der Waals surface area contributed by atoms with Crippen molar-refractivity contribution in [2.45, 2.75) is 64.1 Å². The van der Waals surface area contributed by atoms with Gasteiger partial charge in [-0.2, -0.15) is 0 Å². The molecule has 1 heterocycles. The van der Waals surface area contributed by atoms with Crippen LogP contribution in [0.3, 0.4) is 0 Å². The Morgan fingerprint density at radius 3 is 2.36 bits per heavy atom. The molecule has 2 nitrogen and oxygen atoms in total. The summed E-state index contributed by atoms with van der Waals surface area (Å²) < 4.78 is 6.03. The van der Waals surface area contributed by atoms with Crippen molar-refractivity contribution >= 4 is 0 Å². The van der Waals surface area contributed by atoms with Gasteiger partial charge in [-0.1, -0.05) is 6.42 Å². The van der Waals surface area contributed by atoms with E-state index in [2.05, 4.69) is 13.8 Å². The molecule has 0 bridgehead atoms. The normalized spacial score (nSPS) is 34.1. The first-order valence-electron chi connectivity index (χ1n) is 5.93. The van der Waals surface area contributed by atoms with Crippen LogP contribution < -0.4 is 5.73 Å². The fourth-order valence-electron chi connectivity index (χ4n) is 2.87. The minimum Gasteiger partial charge on any atom is -0.372 e. The Morgan fingerprint density at radius 1 is 1.29 bits per heavy atom. The molecule has 1 saturated heterocycles. The Morgan fingerprint density at radius 2 is 2.00 bits per heavy atom. The zero-order valence-electron chi connectivity index (χ0n) is 9.51. The number of hydrogen-bond acceptors (Lipinski definition) is 2. The molecule has 1 atom stereocenters. The second kappa shape index (κ2) is 3.49. The highest BCUT2D eigenvalue weighted by Crippen LogP contribution is 2.46. The molecule has 0 aromatic heterocycles. The van der Waals surface area contributed by atoms with Crippen molar-refractivity contribution in [3.63, 3.8) is 0 Å². The molecule has 0 amide bonds. The lowest BCUT2D eigenvalue weighted by atomic mass is 9.65. The lowest BCUT2D eigenvalue weighted by Gasteiger charge is -2.42. The van der Waals surface area contributed by atoms with Crippen molar-refractivity contribution in [2.24, 2.45) is 11.1 Å². The van der Waals surface area contributed by atoms with Gasteiger partial charge < -0.3 is 10.5 Å². The summed E-state index contributed by atoms with van der Waals surface area (Å²) in [4.78, 5) is 0. The zero-order chi connectivity index (χ0) is 10.2. The third kappa shape index (κ3) is 1.96. The predicted octanol–water partition coefficient (Wildman–Crippen LogP) is 2.46. The van der Waals surface area contributed by atoms with E-state index in [9.17, 15) is 0 Å². The van der Waals surface area contributed by atoms with Gasteiger partial charge in [-0.05, 0) is 57.9 Å².